The largest absolute Gasteiger partial charge is 0.508 e. The highest BCUT2D eigenvalue weighted by Crippen LogP contribution is 2.54. The van der Waals surface area contributed by atoms with Gasteiger partial charge in [-0.2, -0.15) is 0 Å². The SMILES string of the molecule is CC(C)C(OC(=O)O)Oc1ccc2c(c1)[C@@]13CCCC[C@H]1[C@@H](C2)NCC3.CCCCCCCCCCCCCCCCCC(=O)O. The number of hydrogen-bond donors (Lipinski definition) is 3. The van der Waals surface area contributed by atoms with Crippen LogP contribution in [0.5, 0.6) is 5.75 Å². The number of hydrogen-bond acceptors (Lipinski definition) is 5. The lowest BCUT2D eigenvalue weighted by atomic mass is 9.53. The van der Waals surface area contributed by atoms with E-state index in [1.165, 1.54) is 127 Å². The van der Waals surface area contributed by atoms with Crippen LogP contribution in [-0.4, -0.2) is 41.2 Å². The standard InChI is InChI=1S/C21H29NO4.C18H36O2/c1-13(2)19(26-20(23)24)25-15-7-6-14-11-18-16-5-3-4-8-21(16,9-10-22-18)17(14)12-15;1-2-3-4-5-6-7-8-9-10-11-12-13-14-15-16-17-18(19)20/h6-7,12-13,16,18-19,22H,3-5,8-11H2,1-2H3,(H,23,24);2-17H2,1H3,(H,19,20)/t16-,18+,19?,21+;/m0./s1. The Morgan fingerprint density at radius 1 is 0.870 bits per heavy atom. The van der Waals surface area contributed by atoms with Crippen molar-refractivity contribution in [1.82, 2.24) is 5.32 Å². The van der Waals surface area contributed by atoms with Crippen molar-refractivity contribution in [3.05, 3.63) is 29.3 Å². The number of aliphatic carboxylic acids is 1. The maximum Gasteiger partial charge on any atom is 0.508 e. The zero-order valence-electron chi connectivity index (χ0n) is 29.3. The lowest BCUT2D eigenvalue weighted by Gasteiger charge is -2.56. The summed E-state index contributed by atoms with van der Waals surface area (Å²) in [5.74, 6) is 0.731. The summed E-state index contributed by atoms with van der Waals surface area (Å²) in [4.78, 5) is 21.3. The Bertz CT molecular complexity index is 1020. The summed E-state index contributed by atoms with van der Waals surface area (Å²) in [6.45, 7) is 7.16. The molecule has 0 radical (unpaired) electrons. The Hall–Kier alpha value is -2.28. The molecule has 262 valence electrons. The number of nitrogens with one attached hydrogen (secondary N) is 1. The Kier molecular flexibility index (Phi) is 17.3. The van der Waals surface area contributed by atoms with Crippen LogP contribution in [0.15, 0.2) is 18.2 Å². The fraction of sp³-hybridized carbons (Fsp3) is 0.795. The average Bonchev–Trinajstić information content (AvgIpc) is 3.03. The Labute approximate surface area is 279 Å². The first kappa shape index (κ1) is 38.2. The quantitative estimate of drug-likeness (QED) is 0.0737. The summed E-state index contributed by atoms with van der Waals surface area (Å²) in [6.07, 6.45) is 25.6. The van der Waals surface area contributed by atoms with Gasteiger partial charge in [0.05, 0.1) is 0 Å². The van der Waals surface area contributed by atoms with Gasteiger partial charge in [0.25, 0.3) is 0 Å². The van der Waals surface area contributed by atoms with E-state index < -0.39 is 18.4 Å². The molecule has 0 amide bonds. The van der Waals surface area contributed by atoms with Gasteiger partial charge in [-0.3, -0.25) is 4.79 Å². The van der Waals surface area contributed by atoms with Crippen molar-refractivity contribution in [3.63, 3.8) is 0 Å². The minimum Gasteiger partial charge on any atom is -0.481 e. The molecule has 1 saturated heterocycles. The molecule has 1 aromatic rings. The zero-order chi connectivity index (χ0) is 33.2. The predicted molar refractivity (Wildman–Crippen MR) is 186 cm³/mol. The molecule has 2 bridgehead atoms. The highest BCUT2D eigenvalue weighted by atomic mass is 16.8. The molecule has 1 saturated carbocycles. The number of fused-ring (bicyclic) bond motifs is 1. The number of unbranched alkanes of at least 4 members (excludes halogenated alkanes) is 14. The Balaban J connectivity index is 0.000000262. The molecule has 1 heterocycles. The van der Waals surface area contributed by atoms with Crippen LogP contribution in [0.2, 0.25) is 0 Å². The molecular formula is C39H65NO6. The Morgan fingerprint density at radius 3 is 2.04 bits per heavy atom. The minimum absolute atomic E-state index is 0.0500. The number of ether oxygens (including phenoxy) is 2. The van der Waals surface area contributed by atoms with E-state index in [0.717, 1.165) is 31.6 Å². The second kappa shape index (κ2) is 20.8. The fourth-order valence-corrected chi connectivity index (χ4v) is 8.15. The van der Waals surface area contributed by atoms with E-state index in [1.54, 1.807) is 0 Å². The van der Waals surface area contributed by atoms with Crippen molar-refractivity contribution in [2.45, 2.75) is 180 Å². The molecule has 46 heavy (non-hydrogen) atoms. The van der Waals surface area contributed by atoms with Gasteiger partial charge >= 0.3 is 12.1 Å². The van der Waals surface area contributed by atoms with Crippen LogP contribution in [0.3, 0.4) is 0 Å². The molecule has 1 unspecified atom stereocenters. The highest BCUT2D eigenvalue weighted by Gasteiger charge is 2.51. The van der Waals surface area contributed by atoms with Crippen molar-refractivity contribution in [2.75, 3.05) is 6.54 Å². The van der Waals surface area contributed by atoms with Crippen molar-refractivity contribution < 1.29 is 29.3 Å². The van der Waals surface area contributed by atoms with E-state index in [9.17, 15) is 9.59 Å². The van der Waals surface area contributed by atoms with Crippen molar-refractivity contribution in [2.24, 2.45) is 11.8 Å². The maximum atomic E-state index is 11.0. The number of benzene rings is 1. The Morgan fingerprint density at radius 2 is 1.48 bits per heavy atom. The van der Waals surface area contributed by atoms with Crippen LogP contribution < -0.4 is 10.1 Å². The summed E-state index contributed by atoms with van der Waals surface area (Å²) in [6, 6.07) is 6.92. The zero-order valence-corrected chi connectivity index (χ0v) is 29.3. The monoisotopic (exact) mass is 643 g/mol. The van der Waals surface area contributed by atoms with Crippen LogP contribution >= 0.6 is 0 Å². The minimum atomic E-state index is -1.30. The third kappa shape index (κ3) is 12.4. The summed E-state index contributed by atoms with van der Waals surface area (Å²) >= 11 is 0. The topological polar surface area (TPSA) is 105 Å². The van der Waals surface area contributed by atoms with Gasteiger partial charge in [0.1, 0.15) is 5.75 Å². The maximum absolute atomic E-state index is 11.0. The molecule has 7 heteroatoms. The average molecular weight is 644 g/mol. The molecule has 2 aliphatic carbocycles. The lowest BCUT2D eigenvalue weighted by molar-refractivity contribution is -0.137. The van der Waals surface area contributed by atoms with Gasteiger partial charge < -0.3 is 25.0 Å². The van der Waals surface area contributed by atoms with Crippen LogP contribution in [0.1, 0.15) is 167 Å². The number of carbonyl (C=O) groups is 2. The number of carboxylic acid groups (broad SMARTS) is 2. The van der Waals surface area contributed by atoms with Crippen LogP contribution in [-0.2, 0) is 21.4 Å². The van der Waals surface area contributed by atoms with E-state index in [-0.39, 0.29) is 11.3 Å². The molecule has 0 spiro atoms. The first-order chi connectivity index (χ1) is 22.3. The summed E-state index contributed by atoms with van der Waals surface area (Å²) < 4.78 is 10.9. The number of piperidine rings is 1. The lowest BCUT2D eigenvalue weighted by Crippen LogP contribution is -2.59. The first-order valence-corrected chi connectivity index (χ1v) is 18.9. The molecule has 4 rings (SSSR count). The van der Waals surface area contributed by atoms with Gasteiger partial charge in [0.15, 0.2) is 0 Å². The summed E-state index contributed by atoms with van der Waals surface area (Å²) in [5.41, 5.74) is 3.13. The molecule has 0 aromatic heterocycles. The van der Waals surface area contributed by atoms with Crippen LogP contribution in [0.25, 0.3) is 0 Å². The van der Waals surface area contributed by atoms with E-state index >= 15 is 0 Å². The third-order valence-electron chi connectivity index (χ3n) is 10.6. The van der Waals surface area contributed by atoms with Crippen molar-refractivity contribution >= 4 is 12.1 Å². The van der Waals surface area contributed by atoms with Crippen molar-refractivity contribution in [1.29, 1.82) is 0 Å². The van der Waals surface area contributed by atoms with Gasteiger partial charge in [0, 0.05) is 23.8 Å². The summed E-state index contributed by atoms with van der Waals surface area (Å²) in [5, 5.41) is 21.2. The van der Waals surface area contributed by atoms with E-state index in [0.29, 0.717) is 18.4 Å². The smallest absolute Gasteiger partial charge is 0.481 e. The van der Waals surface area contributed by atoms with Gasteiger partial charge in [0.2, 0.25) is 6.29 Å². The van der Waals surface area contributed by atoms with Crippen LogP contribution in [0.4, 0.5) is 4.79 Å². The van der Waals surface area contributed by atoms with Crippen molar-refractivity contribution in [3.8, 4) is 5.75 Å². The normalized spacial score (nSPS) is 22.2. The molecule has 7 nitrogen and oxygen atoms in total. The number of carboxylic acids is 1. The second-order valence-electron chi connectivity index (χ2n) is 14.5. The van der Waals surface area contributed by atoms with Crippen LogP contribution in [0, 0.1) is 11.8 Å². The predicted octanol–water partition coefficient (Wildman–Crippen LogP) is 10.4. The molecule has 3 aliphatic rings. The third-order valence-corrected chi connectivity index (χ3v) is 10.6. The van der Waals surface area contributed by atoms with E-state index in [4.69, 9.17) is 19.7 Å². The molecule has 1 aromatic carbocycles. The first-order valence-electron chi connectivity index (χ1n) is 18.9. The van der Waals surface area contributed by atoms with E-state index in [2.05, 4.69) is 24.4 Å². The van der Waals surface area contributed by atoms with Gasteiger partial charge in [-0.1, -0.05) is 130 Å². The molecule has 2 fully saturated rings. The van der Waals surface area contributed by atoms with Gasteiger partial charge in [-0.05, 0) is 67.8 Å². The summed E-state index contributed by atoms with van der Waals surface area (Å²) in [7, 11) is 0. The molecule has 1 aliphatic heterocycles. The number of rotatable bonds is 20. The molecule has 3 N–H and O–H groups in total. The fourth-order valence-electron chi connectivity index (χ4n) is 8.15. The van der Waals surface area contributed by atoms with Gasteiger partial charge in [-0.25, -0.2) is 4.79 Å². The molecule has 4 atom stereocenters. The second-order valence-corrected chi connectivity index (χ2v) is 14.5. The van der Waals surface area contributed by atoms with E-state index in [1.807, 2.05) is 19.9 Å². The van der Waals surface area contributed by atoms with Gasteiger partial charge in [-0.15, -0.1) is 0 Å². The highest BCUT2D eigenvalue weighted by molar-refractivity contribution is 5.66. The molecular weight excluding hydrogens is 578 g/mol.